The number of hydrogen-bond acceptors (Lipinski definition) is 2. The summed E-state index contributed by atoms with van der Waals surface area (Å²) in [7, 11) is 0. The number of rotatable bonds is 1. The molecule has 6 heteroatoms. The molecule has 1 N–H and O–H groups in total. The molecule has 3 rings (SSSR count). The van der Waals surface area contributed by atoms with Gasteiger partial charge in [-0.2, -0.15) is 0 Å². The number of alkyl halides is 3. The van der Waals surface area contributed by atoms with Gasteiger partial charge in [-0.05, 0) is 37.6 Å². The Morgan fingerprint density at radius 1 is 1.14 bits per heavy atom. The molecule has 0 bridgehead atoms. The highest BCUT2D eigenvalue weighted by Crippen LogP contribution is 2.31. The van der Waals surface area contributed by atoms with Crippen LogP contribution >= 0.6 is 0 Å². The molecule has 2 heterocycles. The van der Waals surface area contributed by atoms with Gasteiger partial charge in [-0.1, -0.05) is 13.8 Å². The van der Waals surface area contributed by atoms with Crippen LogP contribution in [0.1, 0.15) is 25.1 Å². The summed E-state index contributed by atoms with van der Waals surface area (Å²) in [6, 6.07) is 4.15. The number of hydrogen-bond donors (Lipinski definition) is 1. The van der Waals surface area contributed by atoms with E-state index in [-0.39, 0.29) is 5.75 Å². The molecule has 22 heavy (non-hydrogen) atoms. The number of aromatic amines is 1. The van der Waals surface area contributed by atoms with E-state index in [4.69, 9.17) is 0 Å². The normalized spacial score (nSPS) is 11.4. The van der Waals surface area contributed by atoms with Gasteiger partial charge in [0, 0.05) is 22.7 Å². The third kappa shape index (κ3) is 3.00. The molecule has 0 aliphatic rings. The van der Waals surface area contributed by atoms with Gasteiger partial charge in [-0.15, -0.1) is 13.2 Å². The van der Waals surface area contributed by atoms with E-state index in [1.54, 1.807) is 0 Å². The number of ether oxygens (including phenoxy) is 1. The molecule has 0 amide bonds. The minimum Gasteiger partial charge on any atom is -0.406 e. The smallest absolute Gasteiger partial charge is 0.406 e. The summed E-state index contributed by atoms with van der Waals surface area (Å²) in [5, 5.41) is 1.54. The molecule has 3 nitrogen and oxygen atoms in total. The fourth-order valence-electron chi connectivity index (χ4n) is 2.45. The van der Waals surface area contributed by atoms with Crippen LogP contribution in [0.4, 0.5) is 13.2 Å². The number of aromatic nitrogens is 2. The molecule has 1 aromatic carbocycles. The molecule has 0 radical (unpaired) electrons. The van der Waals surface area contributed by atoms with Gasteiger partial charge in [-0.3, -0.25) is 4.98 Å². The average Bonchev–Trinajstić information content (AvgIpc) is 2.83. The minimum absolute atomic E-state index is 0.246. The Morgan fingerprint density at radius 2 is 1.82 bits per heavy atom. The first-order valence-electron chi connectivity index (χ1n) is 6.99. The molecule has 0 aliphatic carbocycles. The number of aryl methyl sites for hydroxylation is 2. The van der Waals surface area contributed by atoms with E-state index in [2.05, 4.69) is 14.7 Å². The lowest BCUT2D eigenvalue weighted by molar-refractivity contribution is -0.274. The second kappa shape index (κ2) is 5.87. The average molecular weight is 310 g/mol. The summed E-state index contributed by atoms with van der Waals surface area (Å²) in [5.41, 5.74) is 3.26. The van der Waals surface area contributed by atoms with Crippen LogP contribution in [0.25, 0.3) is 21.8 Å². The first-order valence-corrected chi connectivity index (χ1v) is 6.99. The Bertz CT molecular complexity index is 806. The van der Waals surface area contributed by atoms with Crippen molar-refractivity contribution >= 4 is 21.8 Å². The number of halogens is 3. The van der Waals surface area contributed by atoms with Gasteiger partial charge in [-0.25, -0.2) is 0 Å². The van der Waals surface area contributed by atoms with E-state index in [0.717, 1.165) is 22.2 Å². The fraction of sp³-hybridized carbons (Fsp3) is 0.312. The summed E-state index contributed by atoms with van der Waals surface area (Å²) in [4.78, 5) is 7.50. The van der Waals surface area contributed by atoms with Crippen molar-refractivity contribution in [1.82, 2.24) is 9.97 Å². The second-order valence-corrected chi connectivity index (χ2v) is 4.65. The van der Waals surface area contributed by atoms with Gasteiger partial charge in [0.05, 0.1) is 11.0 Å². The van der Waals surface area contributed by atoms with E-state index < -0.39 is 6.36 Å². The van der Waals surface area contributed by atoms with E-state index in [1.807, 2.05) is 33.9 Å². The maximum Gasteiger partial charge on any atom is 0.573 e. The van der Waals surface area contributed by atoms with E-state index in [0.29, 0.717) is 10.9 Å². The van der Waals surface area contributed by atoms with Gasteiger partial charge < -0.3 is 9.72 Å². The van der Waals surface area contributed by atoms with Crippen LogP contribution in [-0.4, -0.2) is 16.3 Å². The molecule has 0 atom stereocenters. The van der Waals surface area contributed by atoms with Crippen molar-refractivity contribution < 1.29 is 17.9 Å². The van der Waals surface area contributed by atoms with Crippen molar-refractivity contribution in [3.05, 3.63) is 35.7 Å². The third-order valence-corrected chi connectivity index (χ3v) is 3.20. The Hall–Kier alpha value is -2.24. The van der Waals surface area contributed by atoms with Crippen molar-refractivity contribution in [1.29, 1.82) is 0 Å². The molecule has 0 aliphatic heterocycles. The van der Waals surface area contributed by atoms with Crippen molar-refractivity contribution in [3.8, 4) is 5.75 Å². The first-order chi connectivity index (χ1) is 10.3. The number of pyridine rings is 1. The number of benzene rings is 1. The lowest BCUT2D eigenvalue weighted by atomic mass is 10.1. The van der Waals surface area contributed by atoms with Gasteiger partial charge in [0.15, 0.2) is 0 Å². The summed E-state index contributed by atoms with van der Waals surface area (Å²) in [6.45, 7) is 7.80. The molecule has 0 fully saturated rings. The van der Waals surface area contributed by atoms with Crippen molar-refractivity contribution in [3.63, 3.8) is 0 Å². The monoisotopic (exact) mass is 310 g/mol. The summed E-state index contributed by atoms with van der Waals surface area (Å²) in [5.74, 6) is -0.246. The van der Waals surface area contributed by atoms with Crippen LogP contribution in [0.3, 0.4) is 0 Å². The minimum atomic E-state index is -4.70. The summed E-state index contributed by atoms with van der Waals surface area (Å²) >= 11 is 0. The quantitative estimate of drug-likeness (QED) is 0.666. The van der Waals surface area contributed by atoms with Crippen LogP contribution in [-0.2, 0) is 0 Å². The Labute approximate surface area is 126 Å². The zero-order valence-electron chi connectivity index (χ0n) is 12.8. The van der Waals surface area contributed by atoms with Gasteiger partial charge in [0.1, 0.15) is 5.75 Å². The topological polar surface area (TPSA) is 37.9 Å². The number of H-pyrrole nitrogens is 1. The van der Waals surface area contributed by atoms with E-state index in [9.17, 15) is 13.2 Å². The lowest BCUT2D eigenvalue weighted by Crippen LogP contribution is -2.17. The van der Waals surface area contributed by atoms with Crippen molar-refractivity contribution in [2.45, 2.75) is 34.1 Å². The summed E-state index contributed by atoms with van der Waals surface area (Å²) < 4.78 is 40.8. The Balaban J connectivity index is 0.000000847. The van der Waals surface area contributed by atoms with Gasteiger partial charge in [0.25, 0.3) is 0 Å². The van der Waals surface area contributed by atoms with E-state index >= 15 is 0 Å². The highest BCUT2D eigenvalue weighted by molar-refractivity contribution is 6.06. The van der Waals surface area contributed by atoms with Crippen LogP contribution in [0.5, 0.6) is 5.75 Å². The van der Waals surface area contributed by atoms with Crippen LogP contribution in [0, 0.1) is 13.8 Å². The van der Waals surface area contributed by atoms with Crippen LogP contribution in [0.15, 0.2) is 24.4 Å². The SMILES string of the molecule is CC.Cc1c[nH]c2c1c(C)nc1ccc(OC(F)(F)F)cc12. The largest absolute Gasteiger partial charge is 0.573 e. The highest BCUT2D eigenvalue weighted by Gasteiger charge is 2.31. The second-order valence-electron chi connectivity index (χ2n) is 4.65. The molecule has 2 aromatic heterocycles. The molecule has 0 saturated heterocycles. The maximum atomic E-state index is 12.3. The Morgan fingerprint density at radius 3 is 2.45 bits per heavy atom. The van der Waals surface area contributed by atoms with Crippen molar-refractivity contribution in [2.24, 2.45) is 0 Å². The third-order valence-electron chi connectivity index (χ3n) is 3.20. The Kier molecular flexibility index (Phi) is 4.30. The molecule has 118 valence electrons. The number of fused-ring (bicyclic) bond motifs is 3. The van der Waals surface area contributed by atoms with Gasteiger partial charge >= 0.3 is 6.36 Å². The van der Waals surface area contributed by atoms with E-state index in [1.165, 1.54) is 18.2 Å². The molecule has 0 saturated carbocycles. The molecular formula is C16H17F3N2O. The zero-order valence-corrected chi connectivity index (χ0v) is 12.8. The molecule has 0 spiro atoms. The van der Waals surface area contributed by atoms with Crippen molar-refractivity contribution in [2.75, 3.05) is 0 Å². The molecule has 0 unspecified atom stereocenters. The predicted molar refractivity (Wildman–Crippen MR) is 81.1 cm³/mol. The standard InChI is InChI=1S/C14H11F3N2O.C2H6/c1-7-6-18-13-10-5-9(20-14(15,16)17)3-4-11(10)19-8(2)12(7)13;1-2/h3-6,18H,1-2H3;1-2H3. The van der Waals surface area contributed by atoms with Crippen LogP contribution < -0.4 is 4.74 Å². The van der Waals surface area contributed by atoms with Gasteiger partial charge in [0.2, 0.25) is 0 Å². The highest BCUT2D eigenvalue weighted by atomic mass is 19.4. The predicted octanol–water partition coefficient (Wildman–Crippen LogP) is 5.26. The fourth-order valence-corrected chi connectivity index (χ4v) is 2.45. The number of nitrogens with one attached hydrogen (secondary N) is 1. The summed E-state index contributed by atoms with van der Waals surface area (Å²) in [6.07, 6.45) is -2.88. The molecular weight excluding hydrogens is 293 g/mol. The van der Waals surface area contributed by atoms with Crippen LogP contribution in [0.2, 0.25) is 0 Å². The first kappa shape index (κ1) is 16.1. The molecule has 3 aromatic rings. The lowest BCUT2D eigenvalue weighted by Gasteiger charge is -2.10. The maximum absolute atomic E-state index is 12.3. The number of nitrogens with zero attached hydrogens (tertiary/aromatic N) is 1. The zero-order chi connectivity index (χ0) is 16.5.